The lowest BCUT2D eigenvalue weighted by atomic mass is 9.98. The molecule has 2 aromatic rings. The van der Waals surface area contributed by atoms with Crippen LogP contribution in [0.4, 0.5) is 5.82 Å². The molecule has 1 aliphatic heterocycles. The van der Waals surface area contributed by atoms with Gasteiger partial charge in [0.05, 0.1) is 12.0 Å². The van der Waals surface area contributed by atoms with Crippen LogP contribution in [0.2, 0.25) is 0 Å². The molecule has 0 radical (unpaired) electrons. The summed E-state index contributed by atoms with van der Waals surface area (Å²) in [7, 11) is 1.74. The maximum Gasteiger partial charge on any atom is 0.140 e. The Bertz CT molecular complexity index is 574. The second-order valence-electron chi connectivity index (χ2n) is 5.49. The number of thiophene rings is 1. The van der Waals surface area contributed by atoms with Gasteiger partial charge in [-0.1, -0.05) is 0 Å². The van der Waals surface area contributed by atoms with E-state index in [0.717, 1.165) is 43.4 Å². The van der Waals surface area contributed by atoms with Gasteiger partial charge in [0, 0.05) is 26.7 Å². The molecular weight excluding hydrogens is 284 g/mol. The summed E-state index contributed by atoms with van der Waals surface area (Å²) < 4.78 is 5.07. The number of hydrogen-bond donors (Lipinski definition) is 1. The Labute approximate surface area is 129 Å². The first-order valence-corrected chi connectivity index (χ1v) is 8.39. The fraction of sp³-hybridized carbons (Fsp3) is 0.600. The van der Waals surface area contributed by atoms with Crippen LogP contribution in [0.3, 0.4) is 0 Å². The molecule has 5 nitrogen and oxygen atoms in total. The molecule has 0 bridgehead atoms. The van der Waals surface area contributed by atoms with Crippen LogP contribution in [0.1, 0.15) is 12.8 Å². The molecular formula is C15H22N4OS. The molecule has 1 N–H and O–H groups in total. The average Bonchev–Trinajstić information content (AvgIpc) is 3.00. The van der Waals surface area contributed by atoms with Crippen molar-refractivity contribution in [3.05, 3.63) is 17.8 Å². The van der Waals surface area contributed by atoms with Gasteiger partial charge >= 0.3 is 0 Å². The summed E-state index contributed by atoms with van der Waals surface area (Å²) in [6.45, 7) is 4.92. The Hall–Kier alpha value is -1.24. The number of piperidine rings is 1. The third-order valence-corrected chi connectivity index (χ3v) is 4.80. The molecule has 1 aliphatic rings. The molecule has 0 amide bonds. The molecule has 1 fully saturated rings. The molecule has 0 spiro atoms. The summed E-state index contributed by atoms with van der Waals surface area (Å²) in [5.41, 5.74) is 0. The summed E-state index contributed by atoms with van der Waals surface area (Å²) >= 11 is 1.68. The van der Waals surface area contributed by atoms with Crippen LogP contribution in [0.25, 0.3) is 10.2 Å². The number of aromatic nitrogens is 2. The van der Waals surface area contributed by atoms with Crippen LogP contribution < -0.4 is 10.2 Å². The molecule has 1 unspecified atom stereocenters. The Balaban J connectivity index is 1.64. The first kappa shape index (κ1) is 14.7. The van der Waals surface area contributed by atoms with Gasteiger partial charge in [-0.25, -0.2) is 9.97 Å². The highest BCUT2D eigenvalue weighted by Crippen LogP contribution is 2.29. The molecule has 0 aliphatic carbocycles. The molecule has 21 heavy (non-hydrogen) atoms. The summed E-state index contributed by atoms with van der Waals surface area (Å²) in [5, 5.41) is 6.76. The van der Waals surface area contributed by atoms with E-state index in [1.807, 2.05) is 0 Å². The molecule has 0 aromatic carbocycles. The van der Waals surface area contributed by atoms with E-state index in [1.54, 1.807) is 24.8 Å². The maximum atomic E-state index is 5.07. The number of methoxy groups -OCH3 is 1. The summed E-state index contributed by atoms with van der Waals surface area (Å²) in [6, 6.07) is 2.13. The summed E-state index contributed by atoms with van der Waals surface area (Å²) in [5.74, 6) is 1.78. The third-order valence-electron chi connectivity index (χ3n) is 3.98. The smallest absolute Gasteiger partial charge is 0.140 e. The quantitative estimate of drug-likeness (QED) is 0.829. The van der Waals surface area contributed by atoms with Crippen LogP contribution in [-0.2, 0) is 4.74 Å². The van der Waals surface area contributed by atoms with Gasteiger partial charge in [0.1, 0.15) is 17.0 Å². The Morgan fingerprint density at radius 2 is 2.43 bits per heavy atom. The predicted octanol–water partition coefficient (Wildman–Crippen LogP) is 2.14. The van der Waals surface area contributed by atoms with E-state index < -0.39 is 0 Å². The zero-order chi connectivity index (χ0) is 14.5. The molecule has 3 rings (SSSR count). The van der Waals surface area contributed by atoms with Gasteiger partial charge in [-0.3, -0.25) is 0 Å². The molecule has 3 heterocycles. The number of ether oxygens (including phenoxy) is 1. The number of nitrogens with zero attached hydrogens (tertiary/aromatic N) is 3. The molecule has 114 valence electrons. The van der Waals surface area contributed by atoms with Crippen LogP contribution in [-0.4, -0.2) is 49.9 Å². The Kier molecular flexibility index (Phi) is 5.00. The molecule has 1 saturated heterocycles. The molecule has 6 heteroatoms. The minimum absolute atomic E-state index is 0.680. The first-order chi connectivity index (χ1) is 10.4. The Morgan fingerprint density at radius 1 is 1.48 bits per heavy atom. The minimum Gasteiger partial charge on any atom is -0.383 e. The number of rotatable bonds is 6. The summed E-state index contributed by atoms with van der Waals surface area (Å²) in [4.78, 5) is 12.4. The van der Waals surface area contributed by atoms with E-state index in [9.17, 15) is 0 Å². The first-order valence-electron chi connectivity index (χ1n) is 7.51. The fourth-order valence-electron chi connectivity index (χ4n) is 2.93. The van der Waals surface area contributed by atoms with Gasteiger partial charge in [-0.2, -0.15) is 0 Å². The third kappa shape index (κ3) is 3.51. The van der Waals surface area contributed by atoms with Crippen molar-refractivity contribution in [1.82, 2.24) is 15.3 Å². The van der Waals surface area contributed by atoms with Gasteiger partial charge in [0.15, 0.2) is 0 Å². The highest BCUT2D eigenvalue weighted by atomic mass is 32.1. The number of nitrogens with one attached hydrogen (secondary N) is 1. The van der Waals surface area contributed by atoms with Gasteiger partial charge in [-0.05, 0) is 36.8 Å². The molecule has 2 aromatic heterocycles. The molecule has 1 atom stereocenters. The van der Waals surface area contributed by atoms with Crippen LogP contribution in [0.15, 0.2) is 17.8 Å². The minimum atomic E-state index is 0.680. The highest BCUT2D eigenvalue weighted by molar-refractivity contribution is 7.16. The Morgan fingerprint density at radius 3 is 3.33 bits per heavy atom. The lowest BCUT2D eigenvalue weighted by molar-refractivity contribution is 0.197. The second-order valence-corrected chi connectivity index (χ2v) is 6.38. The van der Waals surface area contributed by atoms with Crippen LogP contribution >= 0.6 is 11.3 Å². The van der Waals surface area contributed by atoms with Crippen molar-refractivity contribution in [3.8, 4) is 0 Å². The van der Waals surface area contributed by atoms with E-state index in [0.29, 0.717) is 5.92 Å². The van der Waals surface area contributed by atoms with E-state index >= 15 is 0 Å². The zero-order valence-electron chi connectivity index (χ0n) is 12.4. The van der Waals surface area contributed by atoms with E-state index in [2.05, 4.69) is 31.6 Å². The van der Waals surface area contributed by atoms with Gasteiger partial charge in [0.2, 0.25) is 0 Å². The van der Waals surface area contributed by atoms with E-state index in [1.165, 1.54) is 18.2 Å². The van der Waals surface area contributed by atoms with Gasteiger partial charge < -0.3 is 15.0 Å². The van der Waals surface area contributed by atoms with Gasteiger partial charge in [-0.15, -0.1) is 11.3 Å². The van der Waals surface area contributed by atoms with Crippen molar-refractivity contribution >= 4 is 27.4 Å². The SMILES string of the molecule is COCCNCC1CCCN(c2ncnc3sccc23)C1. The monoisotopic (exact) mass is 306 g/mol. The molecule has 0 saturated carbocycles. The van der Waals surface area contributed by atoms with Crippen molar-refractivity contribution < 1.29 is 4.74 Å². The van der Waals surface area contributed by atoms with Crippen LogP contribution in [0, 0.1) is 5.92 Å². The van der Waals surface area contributed by atoms with Crippen molar-refractivity contribution in [2.24, 2.45) is 5.92 Å². The average molecular weight is 306 g/mol. The lowest BCUT2D eigenvalue weighted by Gasteiger charge is -2.34. The largest absolute Gasteiger partial charge is 0.383 e. The van der Waals surface area contributed by atoms with Crippen molar-refractivity contribution in [1.29, 1.82) is 0 Å². The standard InChI is InChI=1S/C15H22N4OS/c1-20-7-5-16-9-12-3-2-6-19(10-12)14-13-4-8-21-15(13)18-11-17-14/h4,8,11-12,16H,2-3,5-7,9-10H2,1H3. The maximum absolute atomic E-state index is 5.07. The van der Waals surface area contributed by atoms with E-state index in [4.69, 9.17) is 4.74 Å². The van der Waals surface area contributed by atoms with Crippen LogP contribution in [0.5, 0.6) is 0 Å². The fourth-order valence-corrected chi connectivity index (χ4v) is 3.66. The lowest BCUT2D eigenvalue weighted by Crippen LogP contribution is -2.40. The highest BCUT2D eigenvalue weighted by Gasteiger charge is 2.22. The number of fused-ring (bicyclic) bond motifs is 1. The van der Waals surface area contributed by atoms with Crippen molar-refractivity contribution in [2.75, 3.05) is 44.8 Å². The van der Waals surface area contributed by atoms with Crippen molar-refractivity contribution in [2.45, 2.75) is 12.8 Å². The normalized spacial score (nSPS) is 19.3. The zero-order valence-corrected chi connectivity index (χ0v) is 13.2. The van der Waals surface area contributed by atoms with Crippen molar-refractivity contribution in [3.63, 3.8) is 0 Å². The second kappa shape index (κ2) is 7.15. The topological polar surface area (TPSA) is 50.3 Å². The predicted molar refractivity (Wildman–Crippen MR) is 87.1 cm³/mol. The number of anilines is 1. The summed E-state index contributed by atoms with van der Waals surface area (Å²) in [6.07, 6.45) is 4.20. The van der Waals surface area contributed by atoms with E-state index in [-0.39, 0.29) is 0 Å². The number of hydrogen-bond acceptors (Lipinski definition) is 6. The van der Waals surface area contributed by atoms with Gasteiger partial charge in [0.25, 0.3) is 0 Å².